The number of Topliss-reactive ketones (excluding diaryl/α,β-unsaturated/α-hetero) is 1. The predicted molar refractivity (Wildman–Crippen MR) is 73.3 cm³/mol. The van der Waals surface area contributed by atoms with Gasteiger partial charge in [-0.25, -0.2) is 0 Å². The van der Waals surface area contributed by atoms with E-state index in [1.165, 1.54) is 24.3 Å². The molecule has 1 N–H and O–H groups in total. The van der Waals surface area contributed by atoms with Gasteiger partial charge in [0.15, 0.2) is 11.9 Å². The zero-order valence-electron chi connectivity index (χ0n) is 10.9. The first-order valence-corrected chi connectivity index (χ1v) is 6.31. The van der Waals surface area contributed by atoms with Gasteiger partial charge in [-0.05, 0) is 24.3 Å². The molecule has 3 rings (SSSR count). The predicted octanol–water partition coefficient (Wildman–Crippen LogP) is 2.55. The van der Waals surface area contributed by atoms with Crippen molar-refractivity contribution in [1.82, 2.24) is 0 Å². The fourth-order valence-electron chi connectivity index (χ4n) is 2.40. The van der Waals surface area contributed by atoms with Crippen LogP contribution in [0.25, 0.3) is 0 Å². The molecule has 1 aliphatic rings. The van der Waals surface area contributed by atoms with Crippen LogP contribution < -0.4 is 4.74 Å². The van der Waals surface area contributed by atoms with E-state index in [0.717, 1.165) is 0 Å². The highest BCUT2D eigenvalue weighted by Gasteiger charge is 2.33. The maximum atomic E-state index is 12.2. The second kappa shape index (κ2) is 4.90. The molecular formula is C15H11NO5. The monoisotopic (exact) mass is 285 g/mol. The van der Waals surface area contributed by atoms with Gasteiger partial charge in [0.05, 0.1) is 10.5 Å². The fourth-order valence-corrected chi connectivity index (χ4v) is 2.40. The molecule has 2 aromatic carbocycles. The highest BCUT2D eigenvalue weighted by Crippen LogP contribution is 2.37. The van der Waals surface area contributed by atoms with Crippen molar-refractivity contribution in [1.29, 1.82) is 0 Å². The third-order valence-corrected chi connectivity index (χ3v) is 3.36. The van der Waals surface area contributed by atoms with Crippen LogP contribution in [0, 0.1) is 10.1 Å². The Kier molecular flexibility index (Phi) is 3.06. The molecule has 0 amide bonds. The number of benzene rings is 2. The number of nitrogens with zero attached hydrogens (tertiary/aromatic N) is 1. The first kappa shape index (κ1) is 13.1. The van der Waals surface area contributed by atoms with Gasteiger partial charge in [-0.15, -0.1) is 0 Å². The van der Waals surface area contributed by atoms with E-state index in [2.05, 4.69) is 0 Å². The van der Waals surface area contributed by atoms with Crippen molar-refractivity contribution in [3.05, 3.63) is 63.7 Å². The molecule has 21 heavy (non-hydrogen) atoms. The first-order chi connectivity index (χ1) is 10.1. The van der Waals surface area contributed by atoms with Crippen molar-refractivity contribution < 1.29 is 19.6 Å². The normalized spacial score (nSPS) is 17.0. The maximum absolute atomic E-state index is 12.2. The molecule has 1 heterocycles. The molecule has 0 saturated carbocycles. The van der Waals surface area contributed by atoms with Crippen LogP contribution in [0.5, 0.6) is 11.5 Å². The molecule has 0 aromatic heterocycles. The number of nitro groups is 1. The number of nitro benzene ring substituents is 1. The first-order valence-electron chi connectivity index (χ1n) is 6.31. The lowest BCUT2D eigenvalue weighted by Gasteiger charge is -2.25. The molecule has 1 unspecified atom stereocenters. The maximum Gasteiger partial charge on any atom is 0.276 e. The third kappa shape index (κ3) is 2.31. The molecule has 1 atom stereocenters. The van der Waals surface area contributed by atoms with Crippen LogP contribution in [0.3, 0.4) is 0 Å². The number of aromatic hydroxyl groups is 1. The topological polar surface area (TPSA) is 89.7 Å². The van der Waals surface area contributed by atoms with Gasteiger partial charge in [0.1, 0.15) is 11.5 Å². The molecular weight excluding hydrogens is 274 g/mol. The summed E-state index contributed by atoms with van der Waals surface area (Å²) in [5.41, 5.74) is 0.680. The number of carbonyl (C=O) groups excluding carboxylic acids is 1. The molecule has 0 bridgehead atoms. The Morgan fingerprint density at radius 1 is 1.24 bits per heavy atom. The van der Waals surface area contributed by atoms with Crippen LogP contribution >= 0.6 is 0 Å². The van der Waals surface area contributed by atoms with Gasteiger partial charge in [-0.2, -0.15) is 0 Å². The van der Waals surface area contributed by atoms with Crippen LogP contribution in [0.1, 0.15) is 17.2 Å². The quantitative estimate of drug-likeness (QED) is 0.676. The van der Waals surface area contributed by atoms with Crippen LogP contribution in [0.2, 0.25) is 0 Å². The Bertz CT molecular complexity index is 741. The molecule has 0 aliphatic carbocycles. The SMILES string of the molecule is O=C1Cc2cc(O)ccc2OC1c1ccccc1[N+](=O)[O-]. The number of ether oxygens (including phenoxy) is 1. The van der Waals surface area contributed by atoms with Crippen LogP contribution in [-0.4, -0.2) is 15.8 Å². The van der Waals surface area contributed by atoms with E-state index in [1.54, 1.807) is 18.2 Å². The lowest BCUT2D eigenvalue weighted by Crippen LogP contribution is -2.26. The van der Waals surface area contributed by atoms with E-state index in [9.17, 15) is 20.0 Å². The molecule has 6 heteroatoms. The number of carbonyl (C=O) groups is 1. The summed E-state index contributed by atoms with van der Waals surface area (Å²) in [5, 5.41) is 20.5. The molecule has 1 aliphatic heterocycles. The summed E-state index contributed by atoms with van der Waals surface area (Å²) in [6.07, 6.45) is -0.927. The van der Waals surface area contributed by atoms with E-state index in [0.29, 0.717) is 11.3 Å². The summed E-state index contributed by atoms with van der Waals surface area (Å²) in [4.78, 5) is 22.8. The summed E-state index contributed by atoms with van der Waals surface area (Å²) in [6.45, 7) is 0. The molecule has 0 radical (unpaired) electrons. The van der Waals surface area contributed by atoms with Crippen molar-refractivity contribution in [2.24, 2.45) is 0 Å². The Morgan fingerprint density at radius 3 is 2.76 bits per heavy atom. The second-order valence-corrected chi connectivity index (χ2v) is 4.75. The van der Waals surface area contributed by atoms with Gasteiger partial charge in [-0.1, -0.05) is 12.1 Å². The molecule has 106 valence electrons. The summed E-state index contributed by atoms with van der Waals surface area (Å²) >= 11 is 0. The number of phenols is 1. The van der Waals surface area contributed by atoms with E-state index in [1.807, 2.05) is 0 Å². The highest BCUT2D eigenvalue weighted by atomic mass is 16.6. The van der Waals surface area contributed by atoms with Gasteiger partial charge >= 0.3 is 0 Å². The van der Waals surface area contributed by atoms with Crippen LogP contribution in [0.4, 0.5) is 5.69 Å². The van der Waals surface area contributed by atoms with Gasteiger partial charge in [0.25, 0.3) is 5.69 Å². The number of fused-ring (bicyclic) bond motifs is 1. The van der Waals surface area contributed by atoms with E-state index in [-0.39, 0.29) is 29.2 Å². The van der Waals surface area contributed by atoms with Gasteiger partial charge in [0.2, 0.25) is 0 Å². The van der Waals surface area contributed by atoms with E-state index < -0.39 is 11.0 Å². The van der Waals surface area contributed by atoms with Gasteiger partial charge in [-0.3, -0.25) is 14.9 Å². The zero-order valence-corrected chi connectivity index (χ0v) is 10.9. The van der Waals surface area contributed by atoms with Crippen molar-refractivity contribution in [3.8, 4) is 11.5 Å². The van der Waals surface area contributed by atoms with Crippen molar-refractivity contribution in [2.75, 3.05) is 0 Å². The summed E-state index contributed by atoms with van der Waals surface area (Å²) in [7, 11) is 0. The average Bonchev–Trinajstić information content (AvgIpc) is 2.46. The van der Waals surface area contributed by atoms with Crippen molar-refractivity contribution >= 4 is 11.5 Å². The second-order valence-electron chi connectivity index (χ2n) is 4.75. The molecule has 0 spiro atoms. The minimum atomic E-state index is -0.997. The average molecular weight is 285 g/mol. The highest BCUT2D eigenvalue weighted by molar-refractivity contribution is 5.89. The standard InChI is InChI=1S/C15H11NO5/c17-10-5-6-14-9(7-10)8-13(18)15(21-14)11-3-1-2-4-12(11)16(19)20/h1-7,15,17H,8H2. The minimum Gasteiger partial charge on any atom is -0.508 e. The van der Waals surface area contributed by atoms with E-state index in [4.69, 9.17) is 4.74 Å². The molecule has 2 aromatic rings. The Balaban J connectivity index is 2.03. The molecule has 6 nitrogen and oxygen atoms in total. The number of ketones is 1. The number of phenolic OH excluding ortho intramolecular Hbond substituents is 1. The Morgan fingerprint density at radius 2 is 2.00 bits per heavy atom. The number of rotatable bonds is 2. The van der Waals surface area contributed by atoms with Gasteiger partial charge in [0, 0.05) is 18.1 Å². The smallest absolute Gasteiger partial charge is 0.276 e. The van der Waals surface area contributed by atoms with Crippen LogP contribution in [0.15, 0.2) is 42.5 Å². The molecule has 0 saturated heterocycles. The fraction of sp³-hybridized carbons (Fsp3) is 0.133. The van der Waals surface area contributed by atoms with Crippen molar-refractivity contribution in [2.45, 2.75) is 12.5 Å². The number of para-hydroxylation sites is 1. The minimum absolute atomic E-state index is 0.0503. The third-order valence-electron chi connectivity index (χ3n) is 3.36. The summed E-state index contributed by atoms with van der Waals surface area (Å²) in [5.74, 6) is 0.229. The summed E-state index contributed by atoms with van der Waals surface area (Å²) < 4.78 is 5.61. The number of hydrogen-bond donors (Lipinski definition) is 1. The summed E-state index contributed by atoms with van der Waals surface area (Å²) in [6, 6.07) is 10.5. The largest absolute Gasteiger partial charge is 0.508 e. The van der Waals surface area contributed by atoms with Crippen molar-refractivity contribution in [3.63, 3.8) is 0 Å². The Hall–Kier alpha value is -2.89. The van der Waals surface area contributed by atoms with E-state index >= 15 is 0 Å². The number of hydrogen-bond acceptors (Lipinski definition) is 5. The van der Waals surface area contributed by atoms with Gasteiger partial charge < -0.3 is 9.84 Å². The lowest BCUT2D eigenvalue weighted by atomic mass is 9.95. The lowest BCUT2D eigenvalue weighted by molar-refractivity contribution is -0.386. The Labute approximate surface area is 119 Å². The van der Waals surface area contributed by atoms with Crippen LogP contribution in [-0.2, 0) is 11.2 Å². The zero-order chi connectivity index (χ0) is 15.0. The molecule has 0 fully saturated rings.